The van der Waals surface area contributed by atoms with Crippen LogP contribution in [0.3, 0.4) is 0 Å². The molecule has 0 heterocycles. The molecule has 2 rings (SSSR count). The predicted molar refractivity (Wildman–Crippen MR) is 61.1 cm³/mol. The van der Waals surface area contributed by atoms with E-state index in [1.165, 1.54) is 11.1 Å². The Balaban J connectivity index is 2.16. The molecular weight excluding hydrogens is 167 g/mol. The number of hydrogen-bond acceptors (Lipinski definition) is 0. The Morgan fingerprint density at radius 2 is 1.29 bits per heavy atom. The topological polar surface area (TPSA) is 0 Å². The molecule has 0 aliphatic heterocycles. The maximum Gasteiger partial charge on any atom is 0.113 e. The molecular formula is C13H11B. The van der Waals surface area contributed by atoms with Crippen LogP contribution < -0.4 is 5.46 Å². The van der Waals surface area contributed by atoms with Gasteiger partial charge in [0.25, 0.3) is 0 Å². The molecule has 14 heavy (non-hydrogen) atoms. The molecule has 0 nitrogen and oxygen atoms in total. The first-order chi connectivity index (χ1) is 6.84. The van der Waals surface area contributed by atoms with Gasteiger partial charge in [0.1, 0.15) is 7.85 Å². The lowest BCUT2D eigenvalue weighted by Crippen LogP contribution is -2.00. The summed E-state index contributed by atoms with van der Waals surface area (Å²) >= 11 is 0. The highest BCUT2D eigenvalue weighted by atomic mass is 14.0. The van der Waals surface area contributed by atoms with E-state index in [9.17, 15) is 0 Å². The van der Waals surface area contributed by atoms with Crippen molar-refractivity contribution in [1.29, 1.82) is 0 Å². The zero-order valence-corrected chi connectivity index (χ0v) is 7.98. The molecule has 0 bridgehead atoms. The molecule has 0 aliphatic rings. The quantitative estimate of drug-likeness (QED) is 0.617. The van der Waals surface area contributed by atoms with Crippen molar-refractivity contribution in [3.8, 4) is 0 Å². The van der Waals surface area contributed by atoms with Gasteiger partial charge in [-0.25, -0.2) is 0 Å². The van der Waals surface area contributed by atoms with Gasteiger partial charge >= 0.3 is 0 Å². The summed E-state index contributed by atoms with van der Waals surface area (Å²) in [7, 11) is 5.62. The molecule has 0 amide bonds. The van der Waals surface area contributed by atoms with Crippen LogP contribution in [0.2, 0.25) is 0 Å². The van der Waals surface area contributed by atoms with E-state index in [0.717, 1.165) is 11.9 Å². The normalized spacial score (nSPS) is 10.0. The average Bonchev–Trinajstić information content (AvgIpc) is 2.23. The van der Waals surface area contributed by atoms with E-state index in [1.807, 2.05) is 18.2 Å². The summed E-state index contributed by atoms with van der Waals surface area (Å²) < 4.78 is 0. The van der Waals surface area contributed by atoms with Crippen molar-refractivity contribution in [1.82, 2.24) is 0 Å². The van der Waals surface area contributed by atoms with Gasteiger partial charge in [-0.2, -0.15) is 0 Å². The highest BCUT2D eigenvalue weighted by Crippen LogP contribution is 2.07. The van der Waals surface area contributed by atoms with Gasteiger partial charge in [-0.3, -0.25) is 0 Å². The minimum Gasteiger partial charge on any atom is -0.0967 e. The number of benzene rings is 2. The first-order valence-corrected chi connectivity index (χ1v) is 4.73. The van der Waals surface area contributed by atoms with Gasteiger partial charge in [0.15, 0.2) is 0 Å². The van der Waals surface area contributed by atoms with E-state index < -0.39 is 0 Å². The minimum absolute atomic E-state index is 0.821. The van der Waals surface area contributed by atoms with Crippen LogP contribution in [0.5, 0.6) is 0 Å². The molecule has 0 aliphatic carbocycles. The standard InChI is InChI=1S/C13H11B/c14-13-8-6-12(7-9-13)10-11-4-2-1-3-5-11/h1-9H,10H2. The molecule has 2 aromatic carbocycles. The van der Waals surface area contributed by atoms with Crippen molar-refractivity contribution >= 4 is 13.3 Å². The Hall–Kier alpha value is -1.50. The molecule has 0 fully saturated rings. The Kier molecular flexibility index (Phi) is 2.69. The molecule has 66 valence electrons. The van der Waals surface area contributed by atoms with Gasteiger partial charge in [-0.05, 0) is 17.5 Å². The van der Waals surface area contributed by atoms with Gasteiger partial charge in [0, 0.05) is 0 Å². The van der Waals surface area contributed by atoms with Gasteiger partial charge in [0.2, 0.25) is 0 Å². The second-order valence-corrected chi connectivity index (χ2v) is 3.40. The summed E-state index contributed by atoms with van der Waals surface area (Å²) in [5, 5.41) is 0. The monoisotopic (exact) mass is 178 g/mol. The van der Waals surface area contributed by atoms with Crippen LogP contribution in [0.1, 0.15) is 11.1 Å². The zero-order valence-electron chi connectivity index (χ0n) is 7.98. The van der Waals surface area contributed by atoms with E-state index in [2.05, 4.69) is 36.4 Å². The van der Waals surface area contributed by atoms with E-state index >= 15 is 0 Å². The van der Waals surface area contributed by atoms with Crippen LogP contribution in [0.4, 0.5) is 0 Å². The fourth-order valence-electron chi connectivity index (χ4n) is 1.47. The Labute approximate surface area is 86.0 Å². The Morgan fingerprint density at radius 3 is 1.93 bits per heavy atom. The number of hydrogen-bond donors (Lipinski definition) is 0. The Morgan fingerprint density at radius 1 is 0.714 bits per heavy atom. The Bertz CT molecular complexity index is 389. The van der Waals surface area contributed by atoms with Crippen LogP contribution in [0, 0.1) is 0 Å². The highest BCUT2D eigenvalue weighted by Gasteiger charge is 1.94. The first kappa shape index (κ1) is 9.08. The summed E-state index contributed by atoms with van der Waals surface area (Å²) in [5.74, 6) is 0. The lowest BCUT2D eigenvalue weighted by atomic mass is 9.94. The summed E-state index contributed by atoms with van der Waals surface area (Å²) in [6, 6.07) is 18.5. The van der Waals surface area contributed by atoms with Gasteiger partial charge in [0.05, 0.1) is 0 Å². The third-order valence-electron chi connectivity index (χ3n) is 2.23. The first-order valence-electron chi connectivity index (χ1n) is 4.73. The third-order valence-corrected chi connectivity index (χ3v) is 2.23. The molecule has 0 aromatic heterocycles. The van der Waals surface area contributed by atoms with Crippen molar-refractivity contribution < 1.29 is 0 Å². The van der Waals surface area contributed by atoms with Crippen molar-refractivity contribution in [2.45, 2.75) is 6.42 Å². The molecule has 0 N–H and O–H groups in total. The molecule has 0 saturated heterocycles. The summed E-state index contributed by atoms with van der Waals surface area (Å²) in [6.45, 7) is 0. The van der Waals surface area contributed by atoms with Crippen LogP contribution in [-0.4, -0.2) is 7.85 Å². The largest absolute Gasteiger partial charge is 0.113 e. The van der Waals surface area contributed by atoms with Crippen LogP contribution in [-0.2, 0) is 6.42 Å². The smallest absolute Gasteiger partial charge is 0.0967 e. The van der Waals surface area contributed by atoms with E-state index in [1.54, 1.807) is 0 Å². The second-order valence-electron chi connectivity index (χ2n) is 3.40. The van der Waals surface area contributed by atoms with Gasteiger partial charge in [-0.15, -0.1) is 0 Å². The van der Waals surface area contributed by atoms with E-state index in [4.69, 9.17) is 7.85 Å². The van der Waals surface area contributed by atoms with Crippen molar-refractivity contribution in [2.75, 3.05) is 0 Å². The molecule has 0 unspecified atom stereocenters. The number of rotatable bonds is 2. The molecule has 0 saturated carbocycles. The summed E-state index contributed by atoms with van der Waals surface area (Å²) in [5.41, 5.74) is 3.45. The SMILES string of the molecule is [B]c1ccc(Cc2ccccc2)cc1. The van der Waals surface area contributed by atoms with Crippen LogP contribution in [0.15, 0.2) is 54.6 Å². The van der Waals surface area contributed by atoms with Crippen LogP contribution >= 0.6 is 0 Å². The average molecular weight is 178 g/mol. The lowest BCUT2D eigenvalue weighted by molar-refractivity contribution is 1.20. The fraction of sp³-hybridized carbons (Fsp3) is 0.0769. The molecule has 2 radical (unpaired) electrons. The van der Waals surface area contributed by atoms with Gasteiger partial charge in [-0.1, -0.05) is 60.1 Å². The van der Waals surface area contributed by atoms with E-state index in [-0.39, 0.29) is 0 Å². The minimum atomic E-state index is 0.821. The second kappa shape index (κ2) is 4.14. The van der Waals surface area contributed by atoms with Crippen LogP contribution in [0.25, 0.3) is 0 Å². The molecule has 2 aromatic rings. The third kappa shape index (κ3) is 2.26. The molecule has 0 atom stereocenters. The molecule has 1 heteroatoms. The molecule has 0 spiro atoms. The zero-order chi connectivity index (χ0) is 9.80. The lowest BCUT2D eigenvalue weighted by Gasteiger charge is -2.01. The van der Waals surface area contributed by atoms with Gasteiger partial charge < -0.3 is 0 Å². The highest BCUT2D eigenvalue weighted by molar-refractivity contribution is 6.32. The fourth-order valence-corrected chi connectivity index (χ4v) is 1.47. The van der Waals surface area contributed by atoms with Crippen molar-refractivity contribution in [3.63, 3.8) is 0 Å². The summed E-state index contributed by atoms with van der Waals surface area (Å²) in [4.78, 5) is 0. The maximum absolute atomic E-state index is 5.62. The van der Waals surface area contributed by atoms with Crippen molar-refractivity contribution in [3.05, 3.63) is 65.7 Å². The maximum atomic E-state index is 5.62. The summed E-state index contributed by atoms with van der Waals surface area (Å²) in [6.07, 6.45) is 0.973. The van der Waals surface area contributed by atoms with E-state index in [0.29, 0.717) is 0 Å². The predicted octanol–water partition coefficient (Wildman–Crippen LogP) is 2.07. The van der Waals surface area contributed by atoms with Crippen molar-refractivity contribution in [2.24, 2.45) is 0 Å².